The van der Waals surface area contributed by atoms with E-state index in [9.17, 15) is 0 Å². The molecule has 5 heteroatoms. The second-order valence-corrected chi connectivity index (χ2v) is 15.3. The van der Waals surface area contributed by atoms with Crippen molar-refractivity contribution in [3.05, 3.63) is 151 Å². The van der Waals surface area contributed by atoms with Gasteiger partial charge in [-0.3, -0.25) is 4.98 Å². The summed E-state index contributed by atoms with van der Waals surface area (Å²) < 4.78 is 2.39. The van der Waals surface area contributed by atoms with Gasteiger partial charge < -0.3 is 4.57 Å². The monoisotopic (exact) mass is 663 g/mol. The predicted octanol–water partition coefficient (Wildman–Crippen LogP) is 11.6. The Hall–Kier alpha value is -5.94. The Balaban J connectivity index is 1.46. The Morgan fingerprint density at radius 3 is 1.41 bits per heavy atom. The zero-order valence-corrected chi connectivity index (χ0v) is 30.0. The fourth-order valence-electron chi connectivity index (χ4n) is 6.78. The van der Waals surface area contributed by atoms with Crippen LogP contribution in [0.2, 0.25) is 0 Å². The van der Waals surface area contributed by atoms with Gasteiger partial charge in [0.25, 0.3) is 0 Å². The molecule has 0 saturated carbocycles. The minimum absolute atomic E-state index is 0.00809. The number of aromatic nitrogens is 5. The SMILES string of the molecule is CC(C)(C)c1ccc2c(c1)c1cc(C(C)(C)C)ccc1n2-c1ccc(-c2ccncc2)cc1-c1nc(-c2ccccc2)nc(-c2ccccc2)n1. The van der Waals surface area contributed by atoms with E-state index in [0.717, 1.165) is 44.5 Å². The molecule has 0 aliphatic heterocycles. The molecule has 0 unspecified atom stereocenters. The molecule has 250 valence electrons. The number of pyridine rings is 1. The van der Waals surface area contributed by atoms with E-state index in [2.05, 4.69) is 130 Å². The van der Waals surface area contributed by atoms with E-state index in [0.29, 0.717) is 17.5 Å². The van der Waals surface area contributed by atoms with Crippen LogP contribution >= 0.6 is 0 Å². The van der Waals surface area contributed by atoms with Crippen LogP contribution in [0.3, 0.4) is 0 Å². The third-order valence-corrected chi connectivity index (χ3v) is 9.69. The van der Waals surface area contributed by atoms with E-state index < -0.39 is 0 Å². The highest BCUT2D eigenvalue weighted by atomic mass is 15.1. The maximum atomic E-state index is 5.21. The minimum atomic E-state index is 0.00809. The van der Waals surface area contributed by atoms with Crippen LogP contribution in [0.25, 0.3) is 72.8 Å². The first-order valence-corrected chi connectivity index (χ1v) is 17.6. The molecular formula is C46H41N5. The molecule has 0 aliphatic carbocycles. The van der Waals surface area contributed by atoms with E-state index in [4.69, 9.17) is 15.0 Å². The Morgan fingerprint density at radius 1 is 0.431 bits per heavy atom. The lowest BCUT2D eigenvalue weighted by Crippen LogP contribution is -2.10. The lowest BCUT2D eigenvalue weighted by molar-refractivity contribution is 0.590. The molecule has 51 heavy (non-hydrogen) atoms. The first-order chi connectivity index (χ1) is 24.5. The van der Waals surface area contributed by atoms with Crippen LogP contribution in [0.1, 0.15) is 52.7 Å². The average molecular weight is 664 g/mol. The fraction of sp³-hybridized carbons (Fsp3) is 0.174. The fourth-order valence-corrected chi connectivity index (χ4v) is 6.78. The summed E-state index contributed by atoms with van der Waals surface area (Å²) in [6.45, 7) is 13.7. The van der Waals surface area contributed by atoms with Crippen molar-refractivity contribution in [1.29, 1.82) is 0 Å². The summed E-state index contributed by atoms with van der Waals surface area (Å²) in [6, 6.07) is 44.9. The number of benzene rings is 5. The van der Waals surface area contributed by atoms with Gasteiger partial charge in [-0.05, 0) is 81.6 Å². The van der Waals surface area contributed by atoms with Crippen LogP contribution in [0, 0.1) is 0 Å². The van der Waals surface area contributed by atoms with E-state index >= 15 is 0 Å². The van der Waals surface area contributed by atoms with Gasteiger partial charge in [-0.15, -0.1) is 0 Å². The van der Waals surface area contributed by atoms with Gasteiger partial charge in [-0.1, -0.05) is 120 Å². The first-order valence-electron chi connectivity index (χ1n) is 17.6. The smallest absolute Gasteiger partial charge is 0.166 e. The highest BCUT2D eigenvalue weighted by molar-refractivity contribution is 6.10. The maximum Gasteiger partial charge on any atom is 0.166 e. The molecular weight excluding hydrogens is 623 g/mol. The van der Waals surface area contributed by atoms with Crippen LogP contribution in [0.15, 0.2) is 140 Å². The molecule has 0 spiro atoms. The number of rotatable bonds is 5. The molecule has 3 heterocycles. The molecule has 5 nitrogen and oxygen atoms in total. The lowest BCUT2D eigenvalue weighted by Gasteiger charge is -2.19. The predicted molar refractivity (Wildman–Crippen MR) is 211 cm³/mol. The zero-order valence-electron chi connectivity index (χ0n) is 30.0. The molecule has 0 aliphatic rings. The summed E-state index contributed by atoms with van der Waals surface area (Å²) in [7, 11) is 0. The summed E-state index contributed by atoms with van der Waals surface area (Å²) in [5, 5.41) is 2.47. The second-order valence-electron chi connectivity index (χ2n) is 15.3. The van der Waals surface area contributed by atoms with Gasteiger partial charge in [0.15, 0.2) is 17.5 Å². The molecule has 3 aromatic heterocycles. The number of hydrogen-bond donors (Lipinski definition) is 0. The molecule has 0 amide bonds. The molecule has 0 saturated heterocycles. The molecule has 0 radical (unpaired) electrons. The van der Waals surface area contributed by atoms with Gasteiger partial charge >= 0.3 is 0 Å². The summed E-state index contributed by atoms with van der Waals surface area (Å²) in [6.07, 6.45) is 3.67. The van der Waals surface area contributed by atoms with Crippen molar-refractivity contribution < 1.29 is 0 Å². The van der Waals surface area contributed by atoms with Crippen molar-refractivity contribution in [2.45, 2.75) is 52.4 Å². The summed E-state index contributed by atoms with van der Waals surface area (Å²) in [5.74, 6) is 1.87. The minimum Gasteiger partial charge on any atom is -0.309 e. The molecule has 8 rings (SSSR count). The normalized spacial score (nSPS) is 12.1. The summed E-state index contributed by atoms with van der Waals surface area (Å²) in [5.41, 5.74) is 10.8. The molecule has 8 aromatic rings. The summed E-state index contributed by atoms with van der Waals surface area (Å²) in [4.78, 5) is 19.7. The standard InChI is InChI=1S/C46H41N5/c1-45(2,3)34-18-21-39-36(28-34)37-29-35(46(4,5)6)19-22-40(37)51(39)41-20-17-33(30-23-25-47-26-24-30)27-38(41)44-49-42(31-13-9-7-10-14-31)48-43(50-44)32-15-11-8-12-16-32/h7-29H,1-6H3. The van der Waals surface area contributed by atoms with Crippen LogP contribution in [0.5, 0.6) is 0 Å². The van der Waals surface area contributed by atoms with Crippen LogP contribution in [-0.4, -0.2) is 24.5 Å². The van der Waals surface area contributed by atoms with E-state index in [1.165, 1.54) is 21.9 Å². The molecule has 0 bridgehead atoms. The molecule has 0 atom stereocenters. The van der Waals surface area contributed by atoms with Crippen molar-refractivity contribution >= 4 is 21.8 Å². The van der Waals surface area contributed by atoms with Crippen LogP contribution in [0.4, 0.5) is 0 Å². The Kier molecular flexibility index (Phi) is 7.87. The van der Waals surface area contributed by atoms with Crippen LogP contribution < -0.4 is 0 Å². The quantitative estimate of drug-likeness (QED) is 0.184. The second kappa shape index (κ2) is 12.4. The Bertz CT molecular complexity index is 2390. The van der Waals surface area contributed by atoms with E-state index in [1.807, 2.05) is 60.9 Å². The van der Waals surface area contributed by atoms with Gasteiger partial charge in [0.05, 0.1) is 16.7 Å². The van der Waals surface area contributed by atoms with Gasteiger partial charge in [-0.2, -0.15) is 0 Å². The number of fused-ring (bicyclic) bond motifs is 3. The highest BCUT2D eigenvalue weighted by Gasteiger charge is 2.23. The topological polar surface area (TPSA) is 56.5 Å². The number of hydrogen-bond acceptors (Lipinski definition) is 4. The zero-order chi connectivity index (χ0) is 35.3. The Morgan fingerprint density at radius 2 is 0.922 bits per heavy atom. The van der Waals surface area contributed by atoms with Crippen molar-refractivity contribution in [3.63, 3.8) is 0 Å². The van der Waals surface area contributed by atoms with Crippen molar-refractivity contribution in [2.24, 2.45) is 0 Å². The third-order valence-electron chi connectivity index (χ3n) is 9.69. The van der Waals surface area contributed by atoms with Crippen molar-refractivity contribution in [1.82, 2.24) is 24.5 Å². The highest BCUT2D eigenvalue weighted by Crippen LogP contribution is 2.41. The summed E-state index contributed by atoms with van der Waals surface area (Å²) >= 11 is 0. The van der Waals surface area contributed by atoms with Crippen molar-refractivity contribution in [3.8, 4) is 51.0 Å². The molecule has 0 N–H and O–H groups in total. The maximum absolute atomic E-state index is 5.21. The first kappa shape index (κ1) is 32.3. The van der Waals surface area contributed by atoms with E-state index in [1.54, 1.807) is 0 Å². The lowest BCUT2D eigenvalue weighted by atomic mass is 9.85. The van der Waals surface area contributed by atoms with Gasteiger partial charge in [0.1, 0.15) is 0 Å². The molecule has 5 aromatic carbocycles. The third kappa shape index (κ3) is 6.10. The largest absolute Gasteiger partial charge is 0.309 e. The molecule has 0 fully saturated rings. The number of nitrogens with zero attached hydrogens (tertiary/aromatic N) is 5. The van der Waals surface area contributed by atoms with Gasteiger partial charge in [-0.25, -0.2) is 15.0 Å². The average Bonchev–Trinajstić information content (AvgIpc) is 3.48. The van der Waals surface area contributed by atoms with Crippen molar-refractivity contribution in [2.75, 3.05) is 0 Å². The van der Waals surface area contributed by atoms with Gasteiger partial charge in [0, 0.05) is 39.9 Å². The van der Waals surface area contributed by atoms with Gasteiger partial charge in [0.2, 0.25) is 0 Å². The van der Waals surface area contributed by atoms with Crippen LogP contribution in [-0.2, 0) is 10.8 Å². The Labute approximate surface area is 299 Å². The van der Waals surface area contributed by atoms with E-state index in [-0.39, 0.29) is 10.8 Å².